The van der Waals surface area contributed by atoms with Crippen molar-refractivity contribution in [3.63, 3.8) is 0 Å². The molecule has 10 nitrogen and oxygen atoms in total. The number of hydrogen-bond acceptors (Lipinski definition) is 8. The van der Waals surface area contributed by atoms with Gasteiger partial charge in [0.1, 0.15) is 17.3 Å². The number of esters is 1. The van der Waals surface area contributed by atoms with Crippen molar-refractivity contribution in [3.8, 4) is 5.75 Å². The van der Waals surface area contributed by atoms with Gasteiger partial charge >= 0.3 is 5.97 Å². The monoisotopic (exact) mass is 626 g/mol. The second kappa shape index (κ2) is 12.6. The number of furan rings is 1. The Labute approximate surface area is 259 Å². The molecule has 2 aromatic carbocycles. The fourth-order valence-electron chi connectivity index (χ4n) is 5.34. The number of rotatable bonds is 9. The number of aromatic nitrogens is 2. The van der Waals surface area contributed by atoms with Crippen molar-refractivity contribution in [2.24, 2.45) is 0 Å². The van der Waals surface area contributed by atoms with Crippen LogP contribution in [-0.4, -0.2) is 77.2 Å². The number of carbonyl (C=O) groups is 2. The van der Waals surface area contributed by atoms with Crippen molar-refractivity contribution in [1.82, 2.24) is 19.4 Å². The Hall–Kier alpha value is -3.57. The van der Waals surface area contributed by atoms with Gasteiger partial charge in [0.05, 0.1) is 47.9 Å². The maximum atomic E-state index is 13.3. The molecular formula is C31H32Cl2N4O6. The molecule has 1 amide bonds. The summed E-state index contributed by atoms with van der Waals surface area (Å²) in [6.45, 7) is 6.35. The lowest BCUT2D eigenvalue weighted by Gasteiger charge is -2.34. The van der Waals surface area contributed by atoms with Crippen LogP contribution in [-0.2, 0) is 22.6 Å². The number of carbonyl (C=O) groups excluding carboxylic acids is 2. The van der Waals surface area contributed by atoms with E-state index < -0.39 is 6.10 Å². The predicted octanol–water partition coefficient (Wildman–Crippen LogP) is 5.61. The summed E-state index contributed by atoms with van der Waals surface area (Å²) in [6, 6.07) is 13.9. The first-order valence-corrected chi connectivity index (χ1v) is 15.0. The molecule has 2 atom stereocenters. The van der Waals surface area contributed by atoms with Crippen LogP contribution in [0.5, 0.6) is 5.75 Å². The average molecular weight is 628 g/mol. The number of piperazine rings is 1. The molecule has 0 aliphatic carbocycles. The number of nitrogens with zero attached hydrogens (tertiary/aromatic N) is 4. The van der Waals surface area contributed by atoms with Crippen LogP contribution in [0.1, 0.15) is 51.9 Å². The van der Waals surface area contributed by atoms with Gasteiger partial charge in [0.25, 0.3) is 5.91 Å². The maximum Gasteiger partial charge on any atom is 0.337 e. The Morgan fingerprint density at radius 1 is 1.07 bits per heavy atom. The Morgan fingerprint density at radius 3 is 2.56 bits per heavy atom. The molecule has 0 radical (unpaired) electrons. The van der Waals surface area contributed by atoms with Gasteiger partial charge in [0, 0.05) is 37.8 Å². The third-order valence-electron chi connectivity index (χ3n) is 7.89. The molecule has 0 N–H and O–H groups in total. The highest BCUT2D eigenvalue weighted by atomic mass is 35.5. The molecule has 0 bridgehead atoms. The van der Waals surface area contributed by atoms with Crippen molar-refractivity contribution < 1.29 is 28.2 Å². The lowest BCUT2D eigenvalue weighted by molar-refractivity contribution is -0.0592. The van der Waals surface area contributed by atoms with Crippen LogP contribution < -0.4 is 4.74 Å². The van der Waals surface area contributed by atoms with Gasteiger partial charge in [-0.25, -0.2) is 9.78 Å². The van der Waals surface area contributed by atoms with Crippen LogP contribution >= 0.6 is 23.2 Å². The largest absolute Gasteiger partial charge is 0.481 e. The molecule has 4 aromatic rings. The molecule has 0 spiro atoms. The van der Waals surface area contributed by atoms with E-state index in [0.29, 0.717) is 66.4 Å². The van der Waals surface area contributed by atoms with E-state index in [-0.39, 0.29) is 23.7 Å². The minimum atomic E-state index is -0.453. The van der Waals surface area contributed by atoms with Gasteiger partial charge in [-0.05, 0) is 61.9 Å². The zero-order chi connectivity index (χ0) is 30.1. The smallest absolute Gasteiger partial charge is 0.337 e. The summed E-state index contributed by atoms with van der Waals surface area (Å²) in [4.78, 5) is 34.4. The number of amides is 1. The molecular weight excluding hydrogens is 595 g/mol. The van der Waals surface area contributed by atoms with Crippen molar-refractivity contribution in [3.05, 3.63) is 81.5 Å². The molecule has 0 saturated carbocycles. The predicted molar refractivity (Wildman–Crippen MR) is 161 cm³/mol. The van der Waals surface area contributed by atoms with Crippen LogP contribution in [0.4, 0.5) is 0 Å². The molecule has 2 fully saturated rings. The molecule has 226 valence electrons. The van der Waals surface area contributed by atoms with Crippen LogP contribution in [0.15, 0.2) is 52.9 Å². The number of hydrogen-bond donors (Lipinski definition) is 0. The number of imidazole rings is 1. The molecule has 43 heavy (non-hydrogen) atoms. The topological polar surface area (TPSA) is 99.3 Å². The highest BCUT2D eigenvalue weighted by molar-refractivity contribution is 6.35. The van der Waals surface area contributed by atoms with E-state index in [1.165, 1.54) is 7.11 Å². The van der Waals surface area contributed by atoms with Crippen molar-refractivity contribution >= 4 is 46.1 Å². The number of methoxy groups -OCH3 is 1. The van der Waals surface area contributed by atoms with Crippen LogP contribution in [0.3, 0.4) is 0 Å². The lowest BCUT2D eigenvalue weighted by Crippen LogP contribution is -2.48. The lowest BCUT2D eigenvalue weighted by atomic mass is 10.1. The first-order valence-electron chi connectivity index (χ1n) is 14.2. The molecule has 1 unspecified atom stereocenters. The zero-order valence-corrected chi connectivity index (χ0v) is 25.4. The zero-order valence-electron chi connectivity index (χ0n) is 23.9. The fourth-order valence-corrected chi connectivity index (χ4v) is 5.80. The summed E-state index contributed by atoms with van der Waals surface area (Å²) < 4.78 is 24.6. The minimum absolute atomic E-state index is 0.127. The van der Waals surface area contributed by atoms with E-state index >= 15 is 0 Å². The standard InChI is InChI=1S/C31H32Cl2N4O6/c1-19(42-27-6-4-21(32)16-23(27)33)26-7-8-28(43-26)30(38)36-12-10-35(11-13-36)18-29-34-24-5-3-20(31(39)40-2)15-25(24)37(29)17-22-9-14-41-22/h3-8,15-16,19,22H,9-14,17-18H2,1-2H3/t19?,22-/m0/s1. The summed E-state index contributed by atoms with van der Waals surface area (Å²) in [6.07, 6.45) is 0.664. The summed E-state index contributed by atoms with van der Waals surface area (Å²) in [5.74, 6) is 1.64. The van der Waals surface area contributed by atoms with E-state index in [2.05, 4.69) is 9.47 Å². The molecule has 2 aliphatic rings. The number of ether oxygens (including phenoxy) is 3. The highest BCUT2D eigenvalue weighted by Gasteiger charge is 2.28. The molecule has 2 aliphatic heterocycles. The minimum Gasteiger partial charge on any atom is -0.481 e. The van der Waals surface area contributed by atoms with Gasteiger partial charge in [0.15, 0.2) is 11.9 Å². The summed E-state index contributed by atoms with van der Waals surface area (Å²) in [5, 5.41) is 0.921. The summed E-state index contributed by atoms with van der Waals surface area (Å²) in [5.41, 5.74) is 2.19. The number of benzene rings is 2. The molecule has 2 saturated heterocycles. The Balaban J connectivity index is 1.09. The quantitative estimate of drug-likeness (QED) is 0.221. The highest BCUT2D eigenvalue weighted by Crippen LogP contribution is 2.32. The maximum absolute atomic E-state index is 13.3. The molecule has 2 aromatic heterocycles. The van der Waals surface area contributed by atoms with Crippen molar-refractivity contribution in [2.45, 2.75) is 38.6 Å². The normalized spacial score (nSPS) is 18.0. The second-order valence-corrected chi connectivity index (χ2v) is 11.6. The SMILES string of the molecule is COC(=O)c1ccc2nc(CN3CCN(C(=O)c4ccc(C(C)Oc5ccc(Cl)cc5Cl)o4)CC3)n(C[C@@H]3CCO3)c2c1. The average Bonchev–Trinajstić information content (AvgIpc) is 3.61. The molecule has 6 rings (SSSR count). The van der Waals surface area contributed by atoms with E-state index in [4.69, 9.17) is 46.8 Å². The van der Waals surface area contributed by atoms with E-state index in [0.717, 1.165) is 29.9 Å². The van der Waals surface area contributed by atoms with E-state index in [1.807, 2.05) is 19.1 Å². The van der Waals surface area contributed by atoms with Gasteiger partial charge in [-0.1, -0.05) is 23.2 Å². The van der Waals surface area contributed by atoms with Gasteiger partial charge in [0.2, 0.25) is 0 Å². The molecule has 12 heteroatoms. The number of fused-ring (bicyclic) bond motifs is 1. The third kappa shape index (κ3) is 6.38. The summed E-state index contributed by atoms with van der Waals surface area (Å²) >= 11 is 12.2. The van der Waals surface area contributed by atoms with Gasteiger partial charge in [-0.3, -0.25) is 9.69 Å². The van der Waals surface area contributed by atoms with Crippen LogP contribution in [0, 0.1) is 0 Å². The molecule has 4 heterocycles. The van der Waals surface area contributed by atoms with E-state index in [1.54, 1.807) is 41.3 Å². The number of halogens is 2. The Morgan fingerprint density at radius 2 is 1.86 bits per heavy atom. The first kappa shape index (κ1) is 29.5. The van der Waals surface area contributed by atoms with Crippen LogP contribution in [0.25, 0.3) is 11.0 Å². The van der Waals surface area contributed by atoms with Crippen molar-refractivity contribution in [2.75, 3.05) is 39.9 Å². The summed E-state index contributed by atoms with van der Waals surface area (Å²) in [7, 11) is 1.38. The van der Waals surface area contributed by atoms with Gasteiger partial charge in [-0.15, -0.1) is 0 Å². The van der Waals surface area contributed by atoms with E-state index in [9.17, 15) is 9.59 Å². The second-order valence-electron chi connectivity index (χ2n) is 10.7. The van der Waals surface area contributed by atoms with Gasteiger partial charge in [-0.2, -0.15) is 0 Å². The third-order valence-corrected chi connectivity index (χ3v) is 8.42. The Bertz CT molecular complexity index is 1640. The van der Waals surface area contributed by atoms with Crippen LogP contribution in [0.2, 0.25) is 10.0 Å². The van der Waals surface area contributed by atoms with Crippen molar-refractivity contribution in [1.29, 1.82) is 0 Å². The Kier molecular flexibility index (Phi) is 8.63. The van der Waals surface area contributed by atoms with Gasteiger partial charge < -0.3 is 28.1 Å². The first-order chi connectivity index (χ1) is 20.8. The fraction of sp³-hybridized carbons (Fsp3) is 0.387.